The van der Waals surface area contributed by atoms with Crippen LogP contribution >= 0.6 is 11.6 Å². The molecule has 1 aliphatic rings. The van der Waals surface area contributed by atoms with Crippen molar-refractivity contribution < 1.29 is 4.74 Å². The summed E-state index contributed by atoms with van der Waals surface area (Å²) in [6.45, 7) is 3.36. The standard InChI is InChI=1S/C13H13ClN2O/c1-9-2-4-10(5-3-9)16-13(14)11-8-17-7-6-12(11)15-16/h2-5H,6-8H2,1H3. The summed E-state index contributed by atoms with van der Waals surface area (Å²) in [5.41, 5.74) is 4.31. The van der Waals surface area contributed by atoms with Crippen LogP contribution in [0.5, 0.6) is 0 Å². The van der Waals surface area contributed by atoms with Crippen molar-refractivity contribution in [2.75, 3.05) is 6.61 Å². The van der Waals surface area contributed by atoms with Crippen molar-refractivity contribution in [2.24, 2.45) is 0 Å². The molecular weight excluding hydrogens is 236 g/mol. The summed E-state index contributed by atoms with van der Waals surface area (Å²) in [5, 5.41) is 5.22. The summed E-state index contributed by atoms with van der Waals surface area (Å²) >= 11 is 6.34. The number of aryl methyl sites for hydroxylation is 1. The quantitative estimate of drug-likeness (QED) is 0.776. The second-order valence-corrected chi connectivity index (χ2v) is 4.62. The number of halogens is 1. The summed E-state index contributed by atoms with van der Waals surface area (Å²) in [4.78, 5) is 0. The number of nitrogens with zero attached hydrogens (tertiary/aromatic N) is 2. The molecule has 0 spiro atoms. The molecule has 0 amide bonds. The van der Waals surface area contributed by atoms with Gasteiger partial charge in [-0.3, -0.25) is 0 Å². The summed E-state index contributed by atoms with van der Waals surface area (Å²) in [6.07, 6.45) is 0.841. The summed E-state index contributed by atoms with van der Waals surface area (Å²) < 4.78 is 7.20. The van der Waals surface area contributed by atoms with E-state index in [-0.39, 0.29) is 0 Å². The zero-order valence-electron chi connectivity index (χ0n) is 9.61. The van der Waals surface area contributed by atoms with Gasteiger partial charge in [-0.2, -0.15) is 5.10 Å². The lowest BCUT2D eigenvalue weighted by molar-refractivity contribution is 0.110. The van der Waals surface area contributed by atoms with Gasteiger partial charge in [0, 0.05) is 12.0 Å². The molecular formula is C13H13ClN2O. The molecule has 1 aromatic carbocycles. The second-order valence-electron chi connectivity index (χ2n) is 4.27. The van der Waals surface area contributed by atoms with Crippen LogP contribution < -0.4 is 0 Å². The van der Waals surface area contributed by atoms with E-state index in [0.29, 0.717) is 11.8 Å². The van der Waals surface area contributed by atoms with Crippen LogP contribution in [0.15, 0.2) is 24.3 Å². The highest BCUT2D eigenvalue weighted by Crippen LogP contribution is 2.27. The lowest BCUT2D eigenvalue weighted by Gasteiger charge is -2.09. The first-order chi connectivity index (χ1) is 8.25. The molecule has 4 heteroatoms. The van der Waals surface area contributed by atoms with E-state index >= 15 is 0 Å². The van der Waals surface area contributed by atoms with Gasteiger partial charge in [-0.05, 0) is 19.1 Å². The monoisotopic (exact) mass is 248 g/mol. The van der Waals surface area contributed by atoms with Crippen molar-refractivity contribution in [3.63, 3.8) is 0 Å². The number of hydrogen-bond acceptors (Lipinski definition) is 2. The highest BCUT2D eigenvalue weighted by Gasteiger charge is 2.20. The van der Waals surface area contributed by atoms with E-state index in [1.807, 2.05) is 12.1 Å². The Morgan fingerprint density at radius 2 is 2.06 bits per heavy atom. The van der Waals surface area contributed by atoms with Crippen LogP contribution in [0.4, 0.5) is 0 Å². The zero-order valence-corrected chi connectivity index (χ0v) is 10.4. The number of aromatic nitrogens is 2. The summed E-state index contributed by atoms with van der Waals surface area (Å²) in [7, 11) is 0. The van der Waals surface area contributed by atoms with Crippen LogP contribution in [-0.2, 0) is 17.8 Å². The van der Waals surface area contributed by atoms with Crippen molar-refractivity contribution in [1.82, 2.24) is 9.78 Å². The average Bonchev–Trinajstić information content (AvgIpc) is 2.69. The average molecular weight is 249 g/mol. The van der Waals surface area contributed by atoms with Gasteiger partial charge >= 0.3 is 0 Å². The maximum absolute atomic E-state index is 6.34. The van der Waals surface area contributed by atoms with Crippen LogP contribution in [0.2, 0.25) is 5.15 Å². The smallest absolute Gasteiger partial charge is 0.138 e. The second kappa shape index (κ2) is 4.17. The van der Waals surface area contributed by atoms with Crippen LogP contribution in [0, 0.1) is 6.92 Å². The molecule has 2 heterocycles. The normalized spacial score (nSPS) is 14.7. The molecule has 0 N–H and O–H groups in total. The molecule has 88 valence electrons. The zero-order chi connectivity index (χ0) is 11.8. The molecule has 0 bridgehead atoms. The van der Waals surface area contributed by atoms with Crippen LogP contribution in [0.25, 0.3) is 5.69 Å². The number of fused-ring (bicyclic) bond motifs is 1. The van der Waals surface area contributed by atoms with Gasteiger partial charge in [0.1, 0.15) is 5.15 Å². The lowest BCUT2D eigenvalue weighted by atomic mass is 10.2. The Hall–Kier alpha value is -1.32. The van der Waals surface area contributed by atoms with Crippen molar-refractivity contribution in [3.05, 3.63) is 46.2 Å². The first-order valence-electron chi connectivity index (χ1n) is 5.67. The maximum atomic E-state index is 6.34. The Labute approximate surface area is 105 Å². The van der Waals surface area contributed by atoms with Crippen LogP contribution in [0.3, 0.4) is 0 Å². The molecule has 0 radical (unpaired) electrons. The molecule has 0 saturated heterocycles. The summed E-state index contributed by atoms with van der Waals surface area (Å²) in [5.74, 6) is 0. The molecule has 0 aliphatic carbocycles. The fourth-order valence-electron chi connectivity index (χ4n) is 2.02. The Kier molecular flexibility index (Phi) is 2.65. The van der Waals surface area contributed by atoms with E-state index in [1.54, 1.807) is 4.68 Å². The van der Waals surface area contributed by atoms with Gasteiger partial charge in [0.2, 0.25) is 0 Å². The van der Waals surface area contributed by atoms with Crippen molar-refractivity contribution in [2.45, 2.75) is 20.0 Å². The molecule has 2 aromatic rings. The maximum Gasteiger partial charge on any atom is 0.138 e. The SMILES string of the molecule is Cc1ccc(-n2nc3c(c2Cl)COCC3)cc1. The third-order valence-corrected chi connectivity index (χ3v) is 3.40. The molecule has 1 aliphatic heterocycles. The lowest BCUT2D eigenvalue weighted by Crippen LogP contribution is -2.08. The topological polar surface area (TPSA) is 27.1 Å². The van der Waals surface area contributed by atoms with Crippen molar-refractivity contribution in [1.29, 1.82) is 0 Å². The van der Waals surface area contributed by atoms with Gasteiger partial charge < -0.3 is 4.74 Å². The van der Waals surface area contributed by atoms with Gasteiger partial charge in [-0.25, -0.2) is 4.68 Å². The Morgan fingerprint density at radius 1 is 1.29 bits per heavy atom. The molecule has 0 fully saturated rings. The van der Waals surface area contributed by atoms with E-state index in [2.05, 4.69) is 24.2 Å². The van der Waals surface area contributed by atoms with E-state index in [4.69, 9.17) is 16.3 Å². The number of rotatable bonds is 1. The van der Waals surface area contributed by atoms with Gasteiger partial charge in [0.15, 0.2) is 0 Å². The van der Waals surface area contributed by atoms with Crippen LogP contribution in [0.1, 0.15) is 16.8 Å². The van der Waals surface area contributed by atoms with Gasteiger partial charge in [-0.1, -0.05) is 29.3 Å². The van der Waals surface area contributed by atoms with E-state index in [0.717, 1.165) is 30.0 Å². The van der Waals surface area contributed by atoms with Crippen molar-refractivity contribution in [3.8, 4) is 5.69 Å². The minimum absolute atomic E-state index is 0.569. The van der Waals surface area contributed by atoms with E-state index < -0.39 is 0 Å². The van der Waals surface area contributed by atoms with Gasteiger partial charge in [0.25, 0.3) is 0 Å². The predicted octanol–water partition coefficient (Wildman–Crippen LogP) is 2.91. The van der Waals surface area contributed by atoms with Crippen molar-refractivity contribution >= 4 is 11.6 Å². The predicted molar refractivity (Wildman–Crippen MR) is 66.7 cm³/mol. The largest absolute Gasteiger partial charge is 0.376 e. The highest BCUT2D eigenvalue weighted by atomic mass is 35.5. The van der Waals surface area contributed by atoms with Gasteiger partial charge in [0.05, 0.1) is 24.6 Å². The first-order valence-corrected chi connectivity index (χ1v) is 6.04. The minimum Gasteiger partial charge on any atom is -0.376 e. The third kappa shape index (κ3) is 1.85. The molecule has 0 saturated carbocycles. The van der Waals surface area contributed by atoms with Gasteiger partial charge in [-0.15, -0.1) is 0 Å². The molecule has 3 nitrogen and oxygen atoms in total. The first kappa shape index (κ1) is 10.8. The Balaban J connectivity index is 2.09. The third-order valence-electron chi connectivity index (χ3n) is 3.01. The van der Waals surface area contributed by atoms with Crippen LogP contribution in [-0.4, -0.2) is 16.4 Å². The summed E-state index contributed by atoms with van der Waals surface area (Å²) in [6, 6.07) is 8.17. The Bertz CT molecular complexity index is 545. The van der Waals surface area contributed by atoms with E-state index in [1.165, 1.54) is 5.56 Å². The molecule has 0 atom stereocenters. The highest BCUT2D eigenvalue weighted by molar-refractivity contribution is 6.30. The molecule has 3 rings (SSSR count). The number of ether oxygens (including phenoxy) is 1. The van der Waals surface area contributed by atoms with E-state index in [9.17, 15) is 0 Å². The minimum atomic E-state index is 0.569. The molecule has 1 aromatic heterocycles. The molecule has 0 unspecified atom stereocenters. The fraction of sp³-hybridized carbons (Fsp3) is 0.308. The number of benzene rings is 1. The molecule has 17 heavy (non-hydrogen) atoms. The number of hydrogen-bond donors (Lipinski definition) is 0. The Morgan fingerprint density at radius 3 is 2.76 bits per heavy atom. The fourth-order valence-corrected chi connectivity index (χ4v) is 2.31.